The molecule has 2 aromatic carbocycles. The minimum Gasteiger partial charge on any atom is -0.463 e. The lowest BCUT2D eigenvalue weighted by molar-refractivity contribution is 0.0175. The van der Waals surface area contributed by atoms with E-state index in [-0.39, 0.29) is 17.6 Å². The fourth-order valence-corrected chi connectivity index (χ4v) is 4.33. The SMILES string of the molecule is O=C(c1cc2ccccc2oc1=O)N1CC(Oc2nc3c(Cl)cccc3s2)C1. The van der Waals surface area contributed by atoms with Crippen LogP contribution in [0.2, 0.25) is 5.02 Å². The second-order valence-corrected chi connectivity index (χ2v) is 7.90. The average molecular weight is 413 g/mol. The van der Waals surface area contributed by atoms with Crippen molar-refractivity contribution in [3.05, 3.63) is 69.5 Å². The van der Waals surface area contributed by atoms with Crippen LogP contribution in [0.5, 0.6) is 5.19 Å². The normalized spacial score (nSPS) is 14.4. The third-order valence-corrected chi connectivity index (χ3v) is 5.84. The molecule has 0 N–H and O–H groups in total. The van der Waals surface area contributed by atoms with Gasteiger partial charge in [-0.3, -0.25) is 4.79 Å². The summed E-state index contributed by atoms with van der Waals surface area (Å²) < 4.78 is 12.1. The Labute approximate surface area is 167 Å². The van der Waals surface area contributed by atoms with Gasteiger partial charge in [0, 0.05) is 5.39 Å². The zero-order valence-electron chi connectivity index (χ0n) is 14.4. The number of benzene rings is 2. The van der Waals surface area contributed by atoms with E-state index in [0.29, 0.717) is 39.8 Å². The van der Waals surface area contributed by atoms with Gasteiger partial charge in [-0.25, -0.2) is 9.78 Å². The molecule has 0 spiro atoms. The zero-order valence-corrected chi connectivity index (χ0v) is 16.0. The molecule has 1 fully saturated rings. The molecule has 0 radical (unpaired) electrons. The van der Waals surface area contributed by atoms with Crippen molar-refractivity contribution in [1.29, 1.82) is 0 Å². The first-order valence-electron chi connectivity index (χ1n) is 8.62. The second kappa shape index (κ2) is 6.61. The van der Waals surface area contributed by atoms with Crippen LogP contribution in [-0.4, -0.2) is 35.0 Å². The third kappa shape index (κ3) is 2.93. The van der Waals surface area contributed by atoms with Gasteiger partial charge in [0.25, 0.3) is 11.1 Å². The molecule has 2 aromatic heterocycles. The molecular formula is C20H13ClN2O4S. The van der Waals surface area contributed by atoms with Gasteiger partial charge in [0.2, 0.25) is 0 Å². The fraction of sp³-hybridized carbons (Fsp3) is 0.150. The van der Waals surface area contributed by atoms with E-state index in [0.717, 1.165) is 4.70 Å². The Kier molecular flexibility index (Phi) is 4.07. The summed E-state index contributed by atoms with van der Waals surface area (Å²) in [6.45, 7) is 0.767. The number of likely N-dealkylation sites (tertiary alicyclic amines) is 1. The number of amides is 1. The number of thiazole rings is 1. The van der Waals surface area contributed by atoms with Crippen LogP contribution < -0.4 is 10.4 Å². The van der Waals surface area contributed by atoms with Gasteiger partial charge in [0.05, 0.1) is 22.8 Å². The molecule has 0 unspecified atom stereocenters. The van der Waals surface area contributed by atoms with E-state index in [4.69, 9.17) is 20.8 Å². The smallest absolute Gasteiger partial charge is 0.349 e. The van der Waals surface area contributed by atoms with E-state index in [9.17, 15) is 9.59 Å². The Morgan fingerprint density at radius 3 is 2.86 bits per heavy atom. The van der Waals surface area contributed by atoms with Crippen molar-refractivity contribution in [1.82, 2.24) is 9.88 Å². The first-order valence-corrected chi connectivity index (χ1v) is 9.82. The van der Waals surface area contributed by atoms with Gasteiger partial charge < -0.3 is 14.1 Å². The average Bonchev–Trinajstić information content (AvgIpc) is 3.07. The van der Waals surface area contributed by atoms with Crippen LogP contribution in [0.15, 0.2) is 57.7 Å². The van der Waals surface area contributed by atoms with Gasteiger partial charge >= 0.3 is 5.63 Å². The molecule has 3 heterocycles. The molecular weight excluding hydrogens is 400 g/mol. The van der Waals surface area contributed by atoms with E-state index in [1.54, 1.807) is 35.2 Å². The van der Waals surface area contributed by atoms with Gasteiger partial charge in [0.1, 0.15) is 22.8 Å². The highest BCUT2D eigenvalue weighted by Gasteiger charge is 2.35. The molecule has 0 aliphatic carbocycles. The second-order valence-electron chi connectivity index (χ2n) is 6.50. The first-order chi connectivity index (χ1) is 13.6. The number of ether oxygens (including phenoxy) is 1. The van der Waals surface area contributed by atoms with Crippen molar-refractivity contribution in [2.75, 3.05) is 13.1 Å². The van der Waals surface area contributed by atoms with Crippen LogP contribution >= 0.6 is 22.9 Å². The molecule has 8 heteroatoms. The molecule has 28 heavy (non-hydrogen) atoms. The highest BCUT2D eigenvalue weighted by molar-refractivity contribution is 7.20. The summed E-state index contributed by atoms with van der Waals surface area (Å²) in [6.07, 6.45) is -0.171. The predicted octanol–water partition coefficient (Wildman–Crippen LogP) is 3.96. The van der Waals surface area contributed by atoms with Crippen LogP contribution in [0.1, 0.15) is 10.4 Å². The number of hydrogen-bond donors (Lipinski definition) is 0. The number of carbonyl (C=O) groups excluding carboxylic acids is 1. The lowest BCUT2D eigenvalue weighted by Crippen LogP contribution is -2.56. The van der Waals surface area contributed by atoms with Gasteiger partial charge in [-0.1, -0.05) is 47.2 Å². The summed E-state index contributed by atoms with van der Waals surface area (Å²) in [5, 5.41) is 1.81. The molecule has 4 aromatic rings. The topological polar surface area (TPSA) is 72.6 Å². The number of nitrogens with zero attached hydrogens (tertiary/aromatic N) is 2. The highest BCUT2D eigenvalue weighted by Crippen LogP contribution is 2.33. The van der Waals surface area contributed by atoms with E-state index in [1.165, 1.54) is 11.3 Å². The minimum absolute atomic E-state index is 0.0314. The molecule has 1 aliphatic rings. The summed E-state index contributed by atoms with van der Waals surface area (Å²) >= 11 is 7.55. The van der Waals surface area contributed by atoms with Crippen LogP contribution in [0.25, 0.3) is 21.2 Å². The Morgan fingerprint density at radius 2 is 2.04 bits per heavy atom. The van der Waals surface area contributed by atoms with Crippen molar-refractivity contribution >= 4 is 50.0 Å². The molecule has 1 saturated heterocycles. The number of para-hydroxylation sites is 2. The lowest BCUT2D eigenvalue weighted by atomic mass is 10.1. The number of carbonyl (C=O) groups is 1. The fourth-order valence-electron chi connectivity index (χ4n) is 3.15. The van der Waals surface area contributed by atoms with Crippen molar-refractivity contribution in [3.63, 3.8) is 0 Å². The van der Waals surface area contributed by atoms with Crippen LogP contribution in [-0.2, 0) is 0 Å². The summed E-state index contributed by atoms with van der Waals surface area (Å²) in [6, 6.07) is 14.3. The Bertz CT molecular complexity index is 1280. The molecule has 0 atom stereocenters. The number of aromatic nitrogens is 1. The minimum atomic E-state index is -0.631. The number of fused-ring (bicyclic) bond motifs is 2. The van der Waals surface area contributed by atoms with Crippen LogP contribution in [0, 0.1) is 0 Å². The quantitative estimate of drug-likeness (QED) is 0.476. The number of halogens is 1. The maximum atomic E-state index is 12.7. The first kappa shape index (κ1) is 17.2. The molecule has 1 aliphatic heterocycles. The summed E-state index contributed by atoms with van der Waals surface area (Å²) in [5.74, 6) is -0.355. The van der Waals surface area contributed by atoms with Crippen LogP contribution in [0.3, 0.4) is 0 Å². The predicted molar refractivity (Wildman–Crippen MR) is 107 cm³/mol. The number of rotatable bonds is 3. The molecule has 6 nitrogen and oxygen atoms in total. The molecule has 1 amide bonds. The van der Waals surface area contributed by atoms with Crippen LogP contribution in [0.4, 0.5) is 0 Å². The van der Waals surface area contributed by atoms with Crippen molar-refractivity contribution < 1.29 is 13.9 Å². The van der Waals surface area contributed by atoms with E-state index >= 15 is 0 Å². The molecule has 5 rings (SSSR count). The van der Waals surface area contributed by atoms with E-state index < -0.39 is 5.63 Å². The third-order valence-electron chi connectivity index (χ3n) is 4.62. The lowest BCUT2D eigenvalue weighted by Gasteiger charge is -2.38. The van der Waals surface area contributed by atoms with Crippen molar-refractivity contribution in [3.8, 4) is 5.19 Å². The number of hydrogen-bond acceptors (Lipinski definition) is 6. The van der Waals surface area contributed by atoms with Gasteiger partial charge in [-0.05, 0) is 24.3 Å². The van der Waals surface area contributed by atoms with Gasteiger partial charge in [-0.2, -0.15) is 0 Å². The summed E-state index contributed by atoms with van der Waals surface area (Å²) in [7, 11) is 0. The van der Waals surface area contributed by atoms with Crippen molar-refractivity contribution in [2.45, 2.75) is 6.10 Å². The summed E-state index contributed by atoms with van der Waals surface area (Å²) in [5.41, 5.74) is 0.575. The molecule has 0 bridgehead atoms. The maximum Gasteiger partial charge on any atom is 0.349 e. The molecule has 0 saturated carbocycles. The van der Waals surface area contributed by atoms with Gasteiger partial charge in [-0.15, -0.1) is 0 Å². The zero-order chi connectivity index (χ0) is 19.3. The Balaban J connectivity index is 1.30. The van der Waals surface area contributed by atoms with Crippen molar-refractivity contribution in [2.24, 2.45) is 0 Å². The highest BCUT2D eigenvalue weighted by atomic mass is 35.5. The maximum absolute atomic E-state index is 12.7. The Morgan fingerprint density at radius 1 is 1.21 bits per heavy atom. The molecule has 140 valence electrons. The monoisotopic (exact) mass is 412 g/mol. The summed E-state index contributed by atoms with van der Waals surface area (Å²) in [4.78, 5) is 30.8. The van der Waals surface area contributed by atoms with Gasteiger partial charge in [0.15, 0.2) is 0 Å². The van der Waals surface area contributed by atoms with E-state index in [1.807, 2.05) is 18.2 Å². The Hall–Kier alpha value is -2.90. The largest absolute Gasteiger partial charge is 0.463 e. The standard InChI is InChI=1S/C20H13ClN2O4S/c21-14-5-3-7-16-17(14)22-20(28-16)26-12-9-23(10-12)18(24)13-8-11-4-1-2-6-15(11)27-19(13)25/h1-8,12H,9-10H2. The van der Waals surface area contributed by atoms with E-state index in [2.05, 4.69) is 4.98 Å².